The van der Waals surface area contributed by atoms with Crippen molar-refractivity contribution in [1.29, 1.82) is 0 Å². The number of hydrogen-bond acceptors (Lipinski definition) is 4. The zero-order valence-corrected chi connectivity index (χ0v) is 9.84. The number of thioether (sulfide) groups is 1. The van der Waals surface area contributed by atoms with E-state index in [1.807, 2.05) is 25.0 Å². The minimum Gasteiger partial charge on any atom is -0.313 e. The van der Waals surface area contributed by atoms with E-state index in [1.165, 1.54) is 0 Å². The molecule has 1 heterocycles. The van der Waals surface area contributed by atoms with Gasteiger partial charge in [-0.3, -0.25) is 4.68 Å². The average Bonchev–Trinajstić information content (AvgIpc) is 2.52. The van der Waals surface area contributed by atoms with Crippen molar-refractivity contribution in [3.63, 3.8) is 0 Å². The fourth-order valence-electron chi connectivity index (χ4n) is 1.42. The van der Waals surface area contributed by atoms with E-state index in [0.717, 1.165) is 24.4 Å². The van der Waals surface area contributed by atoms with Crippen LogP contribution in [0.1, 0.15) is 12.6 Å². The molecule has 1 aromatic rings. The van der Waals surface area contributed by atoms with Crippen molar-refractivity contribution in [2.75, 3.05) is 18.6 Å². The second kappa shape index (κ2) is 6.03. The largest absolute Gasteiger partial charge is 0.313 e. The molecule has 80 valence electrons. The summed E-state index contributed by atoms with van der Waals surface area (Å²) in [5.74, 6) is 1.12. The number of likely N-dealkylation sites (N-methyl/N-ethyl adjacent to an activating group) is 1. The van der Waals surface area contributed by atoms with Crippen LogP contribution in [0.5, 0.6) is 0 Å². The first kappa shape index (κ1) is 11.5. The Morgan fingerprint density at radius 2 is 2.43 bits per heavy atom. The summed E-state index contributed by atoms with van der Waals surface area (Å²) < 4.78 is 1.75. The quantitative estimate of drug-likeness (QED) is 0.757. The Morgan fingerprint density at radius 1 is 1.64 bits per heavy atom. The van der Waals surface area contributed by atoms with Gasteiger partial charge in [-0.1, -0.05) is 12.1 Å². The van der Waals surface area contributed by atoms with Crippen LogP contribution in [0.3, 0.4) is 0 Å². The number of aromatic nitrogens is 3. The van der Waals surface area contributed by atoms with Crippen molar-refractivity contribution in [2.24, 2.45) is 7.05 Å². The molecule has 1 aromatic heterocycles. The summed E-state index contributed by atoms with van der Waals surface area (Å²) in [5, 5.41) is 11.4. The highest BCUT2D eigenvalue weighted by Crippen LogP contribution is 2.03. The summed E-state index contributed by atoms with van der Waals surface area (Å²) in [4.78, 5) is 0. The molecule has 0 aliphatic heterocycles. The van der Waals surface area contributed by atoms with Crippen LogP contribution < -0.4 is 5.32 Å². The Kier molecular flexibility index (Phi) is 4.97. The van der Waals surface area contributed by atoms with Gasteiger partial charge in [0.05, 0.1) is 5.69 Å². The number of hydrogen-bond donors (Lipinski definition) is 1. The SMILES string of the molecule is CCNC(CSC)Cc1cn(C)nn1. The molecule has 1 atom stereocenters. The monoisotopic (exact) mass is 214 g/mol. The van der Waals surface area contributed by atoms with E-state index in [9.17, 15) is 0 Å². The van der Waals surface area contributed by atoms with E-state index in [2.05, 4.69) is 28.8 Å². The highest BCUT2D eigenvalue weighted by Gasteiger charge is 2.09. The molecule has 0 aromatic carbocycles. The average molecular weight is 214 g/mol. The predicted octanol–water partition coefficient (Wildman–Crippen LogP) is 0.699. The van der Waals surface area contributed by atoms with Gasteiger partial charge in [0, 0.05) is 31.5 Å². The molecule has 14 heavy (non-hydrogen) atoms. The topological polar surface area (TPSA) is 42.7 Å². The van der Waals surface area contributed by atoms with Gasteiger partial charge >= 0.3 is 0 Å². The molecule has 0 amide bonds. The molecule has 5 heteroatoms. The van der Waals surface area contributed by atoms with Gasteiger partial charge in [-0.05, 0) is 12.8 Å². The lowest BCUT2D eigenvalue weighted by Crippen LogP contribution is -2.33. The minimum atomic E-state index is 0.506. The molecule has 1 N–H and O–H groups in total. The third-order valence-electron chi connectivity index (χ3n) is 1.97. The van der Waals surface area contributed by atoms with Crippen LogP contribution in [0, 0.1) is 0 Å². The van der Waals surface area contributed by atoms with Crippen molar-refractivity contribution >= 4 is 11.8 Å². The summed E-state index contributed by atoms with van der Waals surface area (Å²) in [6.07, 6.45) is 5.06. The normalized spacial score (nSPS) is 13.1. The molecular weight excluding hydrogens is 196 g/mol. The van der Waals surface area contributed by atoms with Gasteiger partial charge in [-0.2, -0.15) is 11.8 Å². The van der Waals surface area contributed by atoms with Gasteiger partial charge in [0.25, 0.3) is 0 Å². The molecule has 1 rings (SSSR count). The molecule has 1 unspecified atom stereocenters. The molecule has 0 saturated heterocycles. The van der Waals surface area contributed by atoms with E-state index in [-0.39, 0.29) is 0 Å². The van der Waals surface area contributed by atoms with Crippen LogP contribution in [0.25, 0.3) is 0 Å². The minimum absolute atomic E-state index is 0.506. The summed E-state index contributed by atoms with van der Waals surface area (Å²) >= 11 is 1.86. The van der Waals surface area contributed by atoms with Crippen LogP contribution in [0.2, 0.25) is 0 Å². The van der Waals surface area contributed by atoms with E-state index in [0.29, 0.717) is 6.04 Å². The second-order valence-corrected chi connectivity index (χ2v) is 4.21. The van der Waals surface area contributed by atoms with E-state index in [1.54, 1.807) is 4.68 Å². The molecule has 0 aliphatic carbocycles. The molecule has 0 saturated carbocycles. The van der Waals surface area contributed by atoms with E-state index >= 15 is 0 Å². The third-order valence-corrected chi connectivity index (χ3v) is 2.70. The molecule has 0 bridgehead atoms. The van der Waals surface area contributed by atoms with Gasteiger partial charge in [0.2, 0.25) is 0 Å². The number of nitrogens with one attached hydrogen (secondary N) is 1. The highest BCUT2D eigenvalue weighted by molar-refractivity contribution is 7.98. The van der Waals surface area contributed by atoms with Crippen molar-refractivity contribution in [1.82, 2.24) is 20.3 Å². The van der Waals surface area contributed by atoms with Crippen LogP contribution in [-0.4, -0.2) is 39.6 Å². The lowest BCUT2D eigenvalue weighted by atomic mass is 10.2. The first-order valence-electron chi connectivity index (χ1n) is 4.83. The lowest BCUT2D eigenvalue weighted by Gasteiger charge is -2.14. The van der Waals surface area contributed by atoms with Crippen LogP contribution in [-0.2, 0) is 13.5 Å². The van der Waals surface area contributed by atoms with Crippen molar-refractivity contribution in [2.45, 2.75) is 19.4 Å². The van der Waals surface area contributed by atoms with Gasteiger partial charge < -0.3 is 5.32 Å². The Morgan fingerprint density at radius 3 is 2.93 bits per heavy atom. The molecule has 0 radical (unpaired) electrons. The first-order valence-corrected chi connectivity index (χ1v) is 6.23. The Balaban J connectivity index is 2.46. The molecule has 0 fully saturated rings. The van der Waals surface area contributed by atoms with Crippen LogP contribution in [0.4, 0.5) is 0 Å². The fourth-order valence-corrected chi connectivity index (χ4v) is 2.06. The highest BCUT2D eigenvalue weighted by atomic mass is 32.2. The number of aryl methyl sites for hydroxylation is 1. The van der Waals surface area contributed by atoms with Gasteiger partial charge in [0.15, 0.2) is 0 Å². The summed E-state index contributed by atoms with van der Waals surface area (Å²) in [7, 11) is 1.90. The maximum atomic E-state index is 4.08. The van der Waals surface area contributed by atoms with Crippen LogP contribution in [0.15, 0.2) is 6.20 Å². The van der Waals surface area contributed by atoms with E-state index in [4.69, 9.17) is 0 Å². The zero-order chi connectivity index (χ0) is 10.4. The smallest absolute Gasteiger partial charge is 0.0842 e. The second-order valence-electron chi connectivity index (χ2n) is 3.30. The Bertz CT molecular complexity index is 255. The summed E-state index contributed by atoms with van der Waals surface area (Å²) in [6.45, 7) is 3.13. The van der Waals surface area contributed by atoms with Crippen molar-refractivity contribution in [3.05, 3.63) is 11.9 Å². The maximum Gasteiger partial charge on any atom is 0.0842 e. The summed E-state index contributed by atoms with van der Waals surface area (Å²) in [5.41, 5.74) is 1.06. The number of rotatable bonds is 6. The maximum absolute atomic E-state index is 4.08. The fraction of sp³-hybridized carbons (Fsp3) is 0.778. The van der Waals surface area contributed by atoms with Gasteiger partial charge in [0.1, 0.15) is 0 Å². The van der Waals surface area contributed by atoms with Crippen molar-refractivity contribution < 1.29 is 0 Å². The third kappa shape index (κ3) is 3.67. The van der Waals surface area contributed by atoms with Gasteiger partial charge in [-0.15, -0.1) is 5.10 Å². The van der Waals surface area contributed by atoms with Gasteiger partial charge in [-0.25, -0.2) is 0 Å². The predicted molar refractivity (Wildman–Crippen MR) is 60.6 cm³/mol. The molecular formula is C9H18N4S. The lowest BCUT2D eigenvalue weighted by molar-refractivity contribution is 0.566. The van der Waals surface area contributed by atoms with Crippen molar-refractivity contribution in [3.8, 4) is 0 Å². The first-order chi connectivity index (χ1) is 6.76. The molecule has 0 spiro atoms. The molecule has 4 nitrogen and oxygen atoms in total. The Labute approximate surface area is 89.5 Å². The standard InChI is InChI=1S/C9H18N4S/c1-4-10-9(7-14-3)5-8-6-13(2)12-11-8/h6,9-10H,4-5,7H2,1-3H3. The zero-order valence-electron chi connectivity index (χ0n) is 9.03. The van der Waals surface area contributed by atoms with Crippen LogP contribution >= 0.6 is 11.8 Å². The number of nitrogens with zero attached hydrogens (tertiary/aromatic N) is 3. The Hall–Kier alpha value is -0.550. The summed E-state index contributed by atoms with van der Waals surface area (Å²) in [6, 6.07) is 0.506. The molecule has 0 aliphatic rings. The van der Waals surface area contributed by atoms with E-state index < -0.39 is 0 Å².